The van der Waals surface area contributed by atoms with E-state index in [2.05, 4.69) is 10.1 Å². The van der Waals surface area contributed by atoms with Crippen LogP contribution in [0, 0.1) is 5.92 Å². The third-order valence-electron chi connectivity index (χ3n) is 2.82. The maximum atomic E-state index is 11.0. The molecule has 0 saturated heterocycles. The molecule has 1 aromatic rings. The molecule has 6 heteroatoms. The average Bonchev–Trinajstić information content (AvgIpc) is 2.70. The van der Waals surface area contributed by atoms with Crippen molar-refractivity contribution in [2.24, 2.45) is 5.92 Å². The number of rotatable bonds is 2. The van der Waals surface area contributed by atoms with Crippen LogP contribution in [0.15, 0.2) is 12.7 Å². The highest BCUT2D eigenvalue weighted by Crippen LogP contribution is 2.33. The molecule has 84 valence electrons. The second-order valence-corrected chi connectivity index (χ2v) is 3.67. The largest absolute Gasteiger partial charge is 0.481 e. The highest BCUT2D eigenvalue weighted by molar-refractivity contribution is 5.85. The van der Waals surface area contributed by atoms with Gasteiger partial charge in [0.1, 0.15) is 12.7 Å². The highest BCUT2D eigenvalue weighted by atomic mass is 35.5. The molecule has 1 aliphatic rings. The van der Waals surface area contributed by atoms with Crippen LogP contribution in [0.2, 0.25) is 0 Å². The Labute approximate surface area is 93.9 Å². The first kappa shape index (κ1) is 12.0. The summed E-state index contributed by atoms with van der Waals surface area (Å²) in [5, 5.41) is 13.1. The predicted molar refractivity (Wildman–Crippen MR) is 55.9 cm³/mol. The fraction of sp³-hybridized carbons (Fsp3) is 0.667. The lowest BCUT2D eigenvalue weighted by molar-refractivity contribution is -0.144. The van der Waals surface area contributed by atoms with E-state index in [-0.39, 0.29) is 24.4 Å². The normalized spacial score (nSPS) is 25.6. The second-order valence-electron chi connectivity index (χ2n) is 3.67. The monoisotopic (exact) mass is 231 g/mol. The zero-order valence-corrected chi connectivity index (χ0v) is 9.06. The summed E-state index contributed by atoms with van der Waals surface area (Å²) < 4.78 is 1.68. The molecule has 1 saturated carbocycles. The quantitative estimate of drug-likeness (QED) is 0.838. The van der Waals surface area contributed by atoms with E-state index < -0.39 is 5.97 Å². The lowest BCUT2D eigenvalue weighted by atomic mass is 9.85. The maximum absolute atomic E-state index is 11.0. The van der Waals surface area contributed by atoms with E-state index in [0.717, 1.165) is 25.7 Å². The third-order valence-corrected chi connectivity index (χ3v) is 2.82. The number of nitrogens with zero attached hydrogens (tertiary/aromatic N) is 3. The molecule has 0 amide bonds. The molecular weight excluding hydrogens is 218 g/mol. The summed E-state index contributed by atoms with van der Waals surface area (Å²) in [6, 6.07) is -0.0104. The van der Waals surface area contributed by atoms with Gasteiger partial charge in [0.05, 0.1) is 12.0 Å². The topological polar surface area (TPSA) is 68.0 Å². The van der Waals surface area contributed by atoms with E-state index in [1.54, 1.807) is 11.0 Å². The van der Waals surface area contributed by atoms with Crippen LogP contribution in [0.1, 0.15) is 31.7 Å². The molecule has 0 spiro atoms. The van der Waals surface area contributed by atoms with E-state index in [9.17, 15) is 4.79 Å². The minimum Gasteiger partial charge on any atom is -0.481 e. The van der Waals surface area contributed by atoms with Crippen molar-refractivity contribution in [1.82, 2.24) is 14.8 Å². The van der Waals surface area contributed by atoms with Gasteiger partial charge in [-0.15, -0.1) is 12.4 Å². The summed E-state index contributed by atoms with van der Waals surface area (Å²) in [5.74, 6) is -1.02. The summed E-state index contributed by atoms with van der Waals surface area (Å²) in [5.41, 5.74) is 0. The summed E-state index contributed by atoms with van der Waals surface area (Å²) in [6.45, 7) is 0. The Bertz CT molecular complexity index is 315. The minimum atomic E-state index is -0.717. The van der Waals surface area contributed by atoms with Crippen LogP contribution < -0.4 is 0 Å². The molecule has 1 fully saturated rings. The van der Waals surface area contributed by atoms with Crippen molar-refractivity contribution in [2.45, 2.75) is 31.7 Å². The number of carboxylic acids is 1. The number of hydrogen-bond donors (Lipinski definition) is 1. The Hall–Kier alpha value is -1.10. The number of halogens is 1. The van der Waals surface area contributed by atoms with Crippen molar-refractivity contribution < 1.29 is 9.90 Å². The van der Waals surface area contributed by atoms with Gasteiger partial charge in [-0.1, -0.05) is 12.8 Å². The molecular formula is C9H14ClN3O2. The summed E-state index contributed by atoms with van der Waals surface area (Å²) in [7, 11) is 0. The summed E-state index contributed by atoms with van der Waals surface area (Å²) in [6.07, 6.45) is 6.77. The van der Waals surface area contributed by atoms with Gasteiger partial charge in [0.25, 0.3) is 0 Å². The van der Waals surface area contributed by atoms with Crippen LogP contribution in [-0.2, 0) is 4.79 Å². The van der Waals surface area contributed by atoms with E-state index in [0.29, 0.717) is 0 Å². The zero-order chi connectivity index (χ0) is 9.97. The summed E-state index contributed by atoms with van der Waals surface area (Å²) in [4.78, 5) is 14.8. The molecule has 0 aliphatic heterocycles. The van der Waals surface area contributed by atoms with Gasteiger partial charge in [-0.25, -0.2) is 9.67 Å². The molecule has 1 N–H and O–H groups in total. The van der Waals surface area contributed by atoms with Crippen molar-refractivity contribution >= 4 is 18.4 Å². The molecule has 5 nitrogen and oxygen atoms in total. The number of hydrogen-bond acceptors (Lipinski definition) is 3. The van der Waals surface area contributed by atoms with Crippen LogP contribution in [0.5, 0.6) is 0 Å². The Morgan fingerprint density at radius 2 is 2.13 bits per heavy atom. The molecule has 2 unspecified atom stereocenters. The molecule has 0 bridgehead atoms. The van der Waals surface area contributed by atoms with Crippen molar-refractivity contribution in [3.8, 4) is 0 Å². The van der Waals surface area contributed by atoms with Gasteiger partial charge >= 0.3 is 5.97 Å². The second kappa shape index (κ2) is 5.11. The molecule has 0 radical (unpaired) electrons. The Morgan fingerprint density at radius 1 is 1.40 bits per heavy atom. The first-order chi connectivity index (χ1) is 6.79. The first-order valence-electron chi connectivity index (χ1n) is 4.86. The fourth-order valence-electron chi connectivity index (χ4n) is 2.10. The number of aliphatic carboxylic acids is 1. The Kier molecular flexibility index (Phi) is 4.08. The summed E-state index contributed by atoms with van der Waals surface area (Å²) >= 11 is 0. The molecule has 1 heterocycles. The first-order valence-corrected chi connectivity index (χ1v) is 4.86. The number of carbonyl (C=O) groups is 1. The highest BCUT2D eigenvalue weighted by Gasteiger charge is 2.32. The standard InChI is InChI=1S/C9H13N3O2.ClH/c13-9(14)7-3-1-2-4-8(7)12-6-10-5-11-12;/h5-8H,1-4H2,(H,13,14);1H. The lowest BCUT2D eigenvalue weighted by Gasteiger charge is -2.28. The Morgan fingerprint density at radius 3 is 2.73 bits per heavy atom. The van der Waals surface area contributed by atoms with Crippen molar-refractivity contribution in [3.05, 3.63) is 12.7 Å². The van der Waals surface area contributed by atoms with Crippen molar-refractivity contribution in [3.63, 3.8) is 0 Å². The minimum absolute atomic E-state index is 0. The zero-order valence-electron chi connectivity index (χ0n) is 8.24. The van der Waals surface area contributed by atoms with Gasteiger partial charge in [-0.3, -0.25) is 4.79 Å². The fourth-order valence-corrected chi connectivity index (χ4v) is 2.10. The molecule has 0 aromatic carbocycles. The SMILES string of the molecule is Cl.O=C(O)C1CCCCC1n1cncn1. The number of carboxylic acid groups (broad SMARTS) is 1. The van der Waals surface area contributed by atoms with Crippen LogP contribution in [0.3, 0.4) is 0 Å². The molecule has 2 rings (SSSR count). The van der Waals surface area contributed by atoms with E-state index in [1.807, 2.05) is 0 Å². The molecule has 15 heavy (non-hydrogen) atoms. The lowest BCUT2D eigenvalue weighted by Crippen LogP contribution is -2.29. The maximum Gasteiger partial charge on any atom is 0.308 e. The van der Waals surface area contributed by atoms with Gasteiger partial charge in [0.15, 0.2) is 0 Å². The Balaban J connectivity index is 0.00000112. The van der Waals surface area contributed by atoms with Crippen molar-refractivity contribution in [1.29, 1.82) is 0 Å². The van der Waals surface area contributed by atoms with E-state index >= 15 is 0 Å². The third kappa shape index (κ3) is 2.47. The number of aromatic nitrogens is 3. The van der Waals surface area contributed by atoms with Crippen molar-refractivity contribution in [2.75, 3.05) is 0 Å². The predicted octanol–water partition coefficient (Wildman–Crippen LogP) is 1.52. The van der Waals surface area contributed by atoms with Gasteiger partial charge < -0.3 is 5.11 Å². The van der Waals surface area contributed by atoms with Crippen LogP contribution >= 0.6 is 12.4 Å². The van der Waals surface area contributed by atoms with Gasteiger partial charge in [-0.2, -0.15) is 5.10 Å². The van der Waals surface area contributed by atoms with E-state index in [1.165, 1.54) is 6.33 Å². The average molecular weight is 232 g/mol. The van der Waals surface area contributed by atoms with Crippen LogP contribution in [-0.4, -0.2) is 25.8 Å². The molecule has 1 aromatic heterocycles. The van der Waals surface area contributed by atoms with E-state index in [4.69, 9.17) is 5.11 Å². The van der Waals surface area contributed by atoms with Gasteiger partial charge in [0, 0.05) is 0 Å². The van der Waals surface area contributed by atoms with Gasteiger partial charge in [0.2, 0.25) is 0 Å². The van der Waals surface area contributed by atoms with Crippen LogP contribution in [0.25, 0.3) is 0 Å². The van der Waals surface area contributed by atoms with Gasteiger partial charge in [-0.05, 0) is 12.8 Å². The smallest absolute Gasteiger partial charge is 0.308 e. The molecule has 1 aliphatic carbocycles. The van der Waals surface area contributed by atoms with Crippen LogP contribution in [0.4, 0.5) is 0 Å². The molecule has 2 atom stereocenters.